The summed E-state index contributed by atoms with van der Waals surface area (Å²) >= 11 is 3.70. The fourth-order valence-electron chi connectivity index (χ4n) is 5.17. The summed E-state index contributed by atoms with van der Waals surface area (Å²) in [5.74, 6) is 0.636. The van der Waals surface area contributed by atoms with Crippen LogP contribution in [0.4, 0.5) is 4.79 Å². The van der Waals surface area contributed by atoms with E-state index in [1.807, 2.05) is 0 Å². The molecule has 1 unspecified atom stereocenters. The number of likely N-dealkylation sites (tertiary alicyclic amines) is 1. The average Bonchev–Trinajstić information content (AvgIpc) is 3.08. The molecular weight excluding hydrogens is 396 g/mol. The Morgan fingerprint density at radius 3 is 2.92 bits per heavy atom. The number of nitrogens with one attached hydrogen (secondary N) is 2. The van der Waals surface area contributed by atoms with Gasteiger partial charge in [0.1, 0.15) is 6.54 Å². The quantitative estimate of drug-likeness (QED) is 0.738. The Morgan fingerprint density at radius 1 is 1.31 bits per heavy atom. The maximum atomic E-state index is 11.9. The molecule has 26 heavy (non-hydrogen) atoms. The maximum Gasteiger partial charge on any atom is 0.324 e. The van der Waals surface area contributed by atoms with Crippen molar-refractivity contribution in [1.29, 1.82) is 0 Å². The van der Waals surface area contributed by atoms with Crippen molar-refractivity contribution in [3.8, 4) is 0 Å². The predicted octanol–water partition coefficient (Wildman–Crippen LogP) is 2.44. The normalized spacial score (nSPS) is 28.5. The molecule has 0 bridgehead atoms. The summed E-state index contributed by atoms with van der Waals surface area (Å²) in [6.07, 6.45) is 2.09. The molecule has 0 radical (unpaired) electrons. The topological polar surface area (TPSA) is 68.4 Å². The van der Waals surface area contributed by atoms with Crippen LogP contribution in [0, 0.1) is 5.92 Å². The van der Waals surface area contributed by atoms with Gasteiger partial charge in [0, 0.05) is 36.0 Å². The fourth-order valence-corrected chi connectivity index (χ4v) is 5.75. The molecule has 2 aliphatic heterocycles. The molecule has 3 amide bonds. The Labute approximate surface area is 160 Å². The van der Waals surface area contributed by atoms with Crippen LogP contribution in [-0.2, 0) is 11.2 Å². The van der Waals surface area contributed by atoms with E-state index in [1.54, 1.807) is 4.90 Å². The van der Waals surface area contributed by atoms with Crippen LogP contribution in [0.5, 0.6) is 0 Å². The number of urea groups is 1. The van der Waals surface area contributed by atoms with Crippen LogP contribution in [0.1, 0.15) is 23.5 Å². The monoisotopic (exact) mass is 416 g/mol. The van der Waals surface area contributed by atoms with Crippen molar-refractivity contribution in [3.05, 3.63) is 33.9 Å². The van der Waals surface area contributed by atoms with E-state index in [0.717, 1.165) is 24.0 Å². The third kappa shape index (κ3) is 2.41. The van der Waals surface area contributed by atoms with Gasteiger partial charge in [0.2, 0.25) is 5.91 Å². The van der Waals surface area contributed by atoms with E-state index in [4.69, 9.17) is 0 Å². The van der Waals surface area contributed by atoms with Crippen LogP contribution >= 0.6 is 15.9 Å². The highest BCUT2D eigenvalue weighted by Gasteiger charge is 2.41. The van der Waals surface area contributed by atoms with Crippen molar-refractivity contribution in [3.63, 3.8) is 0 Å². The number of hydrogen-bond acceptors (Lipinski definition) is 3. The van der Waals surface area contributed by atoms with Gasteiger partial charge in [-0.25, -0.2) is 4.79 Å². The van der Waals surface area contributed by atoms with Crippen LogP contribution in [0.3, 0.4) is 0 Å². The standard InChI is InChI=1S/C19H21BrN4O2/c1-23-7-10(8-24-9-16(25)22-19(24)26)5-12-11-3-2-4-14-17(11)13(6-15(12)23)18(20)21-14/h2-4,10,12,15,21H,5-9H2,1H3,(H,22,25,26)/t10-,12?,15-/m1/s1. The van der Waals surface area contributed by atoms with Crippen LogP contribution in [0.2, 0.25) is 0 Å². The van der Waals surface area contributed by atoms with Gasteiger partial charge in [0.05, 0.1) is 4.60 Å². The minimum atomic E-state index is -0.248. The molecule has 3 heterocycles. The van der Waals surface area contributed by atoms with Gasteiger partial charge in [-0.3, -0.25) is 10.1 Å². The van der Waals surface area contributed by atoms with Crippen LogP contribution in [0.15, 0.2) is 22.8 Å². The molecule has 2 saturated heterocycles. The highest BCUT2D eigenvalue weighted by atomic mass is 79.9. The molecule has 1 aromatic heterocycles. The van der Waals surface area contributed by atoms with Crippen LogP contribution in [-0.4, -0.2) is 59.4 Å². The lowest BCUT2D eigenvalue weighted by Crippen LogP contribution is -2.50. The van der Waals surface area contributed by atoms with Crippen molar-refractivity contribution < 1.29 is 9.59 Å². The minimum absolute atomic E-state index is 0.192. The van der Waals surface area contributed by atoms with E-state index in [1.165, 1.54) is 22.0 Å². The van der Waals surface area contributed by atoms with E-state index in [9.17, 15) is 9.59 Å². The third-order valence-electron chi connectivity index (χ3n) is 6.23. The number of piperidine rings is 1. The van der Waals surface area contributed by atoms with E-state index in [0.29, 0.717) is 24.4 Å². The minimum Gasteiger partial charge on any atom is -0.349 e. The molecular formula is C19H21BrN4O2. The number of benzene rings is 1. The third-order valence-corrected chi connectivity index (χ3v) is 6.91. The highest BCUT2D eigenvalue weighted by Crippen LogP contribution is 2.46. The Kier molecular flexibility index (Phi) is 3.66. The number of H-pyrrole nitrogens is 1. The molecule has 136 valence electrons. The lowest BCUT2D eigenvalue weighted by molar-refractivity contribution is -0.118. The molecule has 2 fully saturated rings. The van der Waals surface area contributed by atoms with Gasteiger partial charge in [0.15, 0.2) is 0 Å². The van der Waals surface area contributed by atoms with Crippen LogP contribution in [0.25, 0.3) is 10.9 Å². The van der Waals surface area contributed by atoms with Crippen molar-refractivity contribution in [2.24, 2.45) is 5.92 Å². The van der Waals surface area contributed by atoms with Gasteiger partial charge in [-0.2, -0.15) is 0 Å². The summed E-state index contributed by atoms with van der Waals surface area (Å²) in [6, 6.07) is 6.75. The zero-order chi connectivity index (χ0) is 18.0. The largest absolute Gasteiger partial charge is 0.349 e. The van der Waals surface area contributed by atoms with Crippen molar-refractivity contribution >= 4 is 38.8 Å². The number of likely N-dealkylation sites (N-methyl/N-ethyl adjacent to an activating group) is 1. The number of rotatable bonds is 2. The van der Waals surface area contributed by atoms with Gasteiger partial charge in [-0.05, 0) is 58.9 Å². The van der Waals surface area contributed by atoms with E-state index in [-0.39, 0.29) is 18.5 Å². The van der Waals surface area contributed by atoms with Gasteiger partial charge in [-0.15, -0.1) is 0 Å². The number of amides is 3. The SMILES string of the molecule is CN1C[C@H](CN2CC(=O)NC2=O)CC2c3cccc4[nH]c(Br)c(c34)C[C@H]21. The number of aromatic amines is 1. The first-order chi connectivity index (χ1) is 12.5. The molecule has 0 spiro atoms. The maximum absolute atomic E-state index is 11.9. The first kappa shape index (κ1) is 16.3. The molecule has 6 nitrogen and oxygen atoms in total. The van der Waals surface area contributed by atoms with Gasteiger partial charge < -0.3 is 14.8 Å². The number of carbonyl (C=O) groups is 2. The van der Waals surface area contributed by atoms with E-state index >= 15 is 0 Å². The lowest BCUT2D eigenvalue weighted by Gasteiger charge is -2.46. The van der Waals surface area contributed by atoms with Crippen molar-refractivity contribution in [2.75, 3.05) is 26.7 Å². The summed E-state index contributed by atoms with van der Waals surface area (Å²) in [7, 11) is 2.19. The molecule has 5 rings (SSSR count). The Balaban J connectivity index is 1.46. The molecule has 3 atom stereocenters. The van der Waals surface area contributed by atoms with Gasteiger partial charge in [0.25, 0.3) is 0 Å². The highest BCUT2D eigenvalue weighted by molar-refractivity contribution is 9.10. The van der Waals surface area contributed by atoms with Gasteiger partial charge in [-0.1, -0.05) is 12.1 Å². The van der Waals surface area contributed by atoms with E-state index in [2.05, 4.69) is 56.4 Å². The first-order valence-electron chi connectivity index (χ1n) is 9.09. The van der Waals surface area contributed by atoms with Gasteiger partial charge >= 0.3 is 6.03 Å². The summed E-state index contributed by atoms with van der Waals surface area (Å²) in [5, 5.41) is 3.75. The number of carbonyl (C=O) groups excluding carboxylic acids is 2. The van der Waals surface area contributed by atoms with Crippen molar-refractivity contribution in [1.82, 2.24) is 20.1 Å². The number of halogens is 1. The Hall–Kier alpha value is -1.86. The number of aromatic nitrogens is 1. The Bertz CT molecular complexity index is 924. The summed E-state index contributed by atoms with van der Waals surface area (Å²) < 4.78 is 1.10. The first-order valence-corrected chi connectivity index (χ1v) is 9.88. The zero-order valence-corrected chi connectivity index (χ0v) is 16.2. The second-order valence-electron chi connectivity index (χ2n) is 7.84. The van der Waals surface area contributed by atoms with E-state index < -0.39 is 0 Å². The second-order valence-corrected chi connectivity index (χ2v) is 8.63. The Morgan fingerprint density at radius 2 is 2.15 bits per heavy atom. The van der Waals surface area contributed by atoms with Crippen molar-refractivity contribution in [2.45, 2.75) is 24.8 Å². The smallest absolute Gasteiger partial charge is 0.324 e. The summed E-state index contributed by atoms with van der Waals surface area (Å²) in [4.78, 5) is 30.9. The molecule has 2 N–H and O–H groups in total. The number of hydrogen-bond donors (Lipinski definition) is 2. The molecule has 1 aliphatic carbocycles. The molecule has 0 saturated carbocycles. The number of imide groups is 1. The molecule has 1 aromatic carbocycles. The fraction of sp³-hybridized carbons (Fsp3) is 0.474. The number of nitrogens with zero attached hydrogens (tertiary/aromatic N) is 2. The lowest BCUT2D eigenvalue weighted by atomic mass is 9.72. The zero-order valence-electron chi connectivity index (χ0n) is 14.6. The summed E-state index contributed by atoms with van der Waals surface area (Å²) in [6.45, 7) is 1.79. The molecule has 3 aliphatic rings. The molecule has 2 aromatic rings. The number of fused-ring (bicyclic) bond motifs is 2. The predicted molar refractivity (Wildman–Crippen MR) is 102 cm³/mol. The second kappa shape index (κ2) is 5.82. The average molecular weight is 417 g/mol. The van der Waals surface area contributed by atoms with Crippen LogP contribution < -0.4 is 5.32 Å². The summed E-state index contributed by atoms with van der Waals surface area (Å²) in [5.41, 5.74) is 3.98. The molecule has 7 heteroatoms.